The first-order chi connectivity index (χ1) is 10.1. The van der Waals surface area contributed by atoms with Gasteiger partial charge < -0.3 is 5.73 Å². The van der Waals surface area contributed by atoms with Crippen LogP contribution in [0.1, 0.15) is 10.4 Å². The van der Waals surface area contributed by atoms with Crippen LogP contribution in [0.25, 0.3) is 21.8 Å². The molecule has 2 aromatic heterocycles. The number of pyridine rings is 1. The van der Waals surface area contributed by atoms with Crippen molar-refractivity contribution in [2.45, 2.75) is 0 Å². The number of halogens is 1. The van der Waals surface area contributed by atoms with Gasteiger partial charge in [-0.25, -0.2) is 4.98 Å². The molecule has 0 aliphatic rings. The summed E-state index contributed by atoms with van der Waals surface area (Å²) in [6.45, 7) is 0. The van der Waals surface area contributed by atoms with Crippen molar-refractivity contribution in [1.82, 2.24) is 9.97 Å². The summed E-state index contributed by atoms with van der Waals surface area (Å²) in [4.78, 5) is 19.8. The first kappa shape index (κ1) is 13.7. The van der Waals surface area contributed by atoms with Gasteiger partial charge in [-0.2, -0.15) is 0 Å². The number of nitrogens with two attached hydrogens (primary N) is 1. The van der Waals surface area contributed by atoms with E-state index in [9.17, 15) is 4.79 Å². The predicted octanol–water partition coefficient (Wildman–Crippen LogP) is 3.62. The van der Waals surface area contributed by atoms with E-state index >= 15 is 0 Å². The Hall–Kier alpha value is -2.24. The predicted molar refractivity (Wildman–Crippen MR) is 84.3 cm³/mol. The zero-order chi connectivity index (χ0) is 14.8. The molecule has 0 bridgehead atoms. The number of aromatic nitrogens is 2. The molecular formula is C15H10ClN3OS. The molecule has 0 unspecified atom stereocenters. The number of primary amides is 1. The molecule has 1 aromatic carbocycles. The molecule has 6 heteroatoms. The highest BCUT2D eigenvalue weighted by Gasteiger charge is 2.10. The fraction of sp³-hybridized carbons (Fsp3) is 0. The molecular weight excluding hydrogens is 306 g/mol. The van der Waals surface area contributed by atoms with Crippen molar-refractivity contribution >= 4 is 28.8 Å². The normalized spacial score (nSPS) is 10.5. The maximum Gasteiger partial charge on any atom is 0.248 e. The fourth-order valence-corrected chi connectivity index (χ4v) is 2.95. The number of benzene rings is 1. The molecule has 2 heterocycles. The molecule has 104 valence electrons. The number of hydrogen-bond donors (Lipinski definition) is 1. The van der Waals surface area contributed by atoms with Crippen molar-refractivity contribution in [1.29, 1.82) is 0 Å². The van der Waals surface area contributed by atoms with E-state index in [4.69, 9.17) is 17.3 Å². The summed E-state index contributed by atoms with van der Waals surface area (Å²) in [6.07, 6.45) is 3.26. The Morgan fingerprint density at radius 1 is 1.29 bits per heavy atom. The van der Waals surface area contributed by atoms with Gasteiger partial charge in [0.15, 0.2) is 0 Å². The molecule has 0 atom stereocenters. The molecule has 0 fully saturated rings. The van der Waals surface area contributed by atoms with E-state index in [1.54, 1.807) is 30.6 Å². The smallest absolute Gasteiger partial charge is 0.248 e. The molecule has 3 aromatic rings. The summed E-state index contributed by atoms with van der Waals surface area (Å²) in [7, 11) is 0. The fourth-order valence-electron chi connectivity index (χ4n) is 1.92. The van der Waals surface area contributed by atoms with Gasteiger partial charge in [-0.05, 0) is 18.2 Å². The maximum atomic E-state index is 11.2. The van der Waals surface area contributed by atoms with E-state index in [0.29, 0.717) is 10.6 Å². The Kier molecular flexibility index (Phi) is 3.68. The molecule has 0 saturated carbocycles. The third kappa shape index (κ3) is 2.79. The number of carbonyl (C=O) groups excluding carboxylic acids is 1. The largest absolute Gasteiger partial charge is 0.366 e. The molecule has 3 rings (SSSR count). The van der Waals surface area contributed by atoms with Crippen molar-refractivity contribution < 1.29 is 4.79 Å². The van der Waals surface area contributed by atoms with Crippen molar-refractivity contribution in [3.63, 3.8) is 0 Å². The Morgan fingerprint density at radius 3 is 2.90 bits per heavy atom. The van der Waals surface area contributed by atoms with Gasteiger partial charge in [0.25, 0.3) is 0 Å². The zero-order valence-electron chi connectivity index (χ0n) is 10.8. The molecule has 0 spiro atoms. The summed E-state index contributed by atoms with van der Waals surface area (Å²) >= 11 is 7.61. The van der Waals surface area contributed by atoms with Gasteiger partial charge in [-0.3, -0.25) is 9.78 Å². The second kappa shape index (κ2) is 5.63. The second-order valence-corrected chi connectivity index (χ2v) is 5.60. The third-order valence-electron chi connectivity index (χ3n) is 2.95. The summed E-state index contributed by atoms with van der Waals surface area (Å²) in [5.74, 6) is -0.453. The van der Waals surface area contributed by atoms with Gasteiger partial charge in [0.05, 0.1) is 10.7 Å². The average Bonchev–Trinajstić information content (AvgIpc) is 2.97. The van der Waals surface area contributed by atoms with Gasteiger partial charge in [0, 0.05) is 34.5 Å². The lowest BCUT2D eigenvalue weighted by Gasteiger charge is -2.00. The van der Waals surface area contributed by atoms with E-state index in [-0.39, 0.29) is 0 Å². The van der Waals surface area contributed by atoms with Gasteiger partial charge in [-0.1, -0.05) is 23.7 Å². The van der Waals surface area contributed by atoms with Crippen LogP contribution >= 0.6 is 22.9 Å². The quantitative estimate of drug-likeness (QED) is 0.802. The first-order valence-corrected chi connectivity index (χ1v) is 7.36. The van der Waals surface area contributed by atoms with Crippen LogP contribution in [-0.4, -0.2) is 15.9 Å². The molecule has 1 amide bonds. The molecule has 21 heavy (non-hydrogen) atoms. The van der Waals surface area contributed by atoms with Crippen molar-refractivity contribution in [3.05, 3.63) is 58.7 Å². The summed E-state index contributed by atoms with van der Waals surface area (Å²) in [5.41, 5.74) is 8.23. The minimum Gasteiger partial charge on any atom is -0.366 e. The van der Waals surface area contributed by atoms with Crippen LogP contribution in [0.3, 0.4) is 0 Å². The SMILES string of the molecule is NC(=O)c1cccc(-c2nc(-c3ccncc3Cl)cs2)c1. The average molecular weight is 316 g/mol. The van der Waals surface area contributed by atoms with Crippen molar-refractivity contribution in [2.75, 3.05) is 0 Å². The third-order valence-corrected chi connectivity index (χ3v) is 4.14. The van der Waals surface area contributed by atoms with Crippen LogP contribution in [0.15, 0.2) is 48.1 Å². The lowest BCUT2D eigenvalue weighted by molar-refractivity contribution is 0.100. The van der Waals surface area contributed by atoms with E-state index in [1.165, 1.54) is 11.3 Å². The lowest BCUT2D eigenvalue weighted by Crippen LogP contribution is -2.10. The van der Waals surface area contributed by atoms with Crippen LogP contribution in [-0.2, 0) is 0 Å². The van der Waals surface area contributed by atoms with Crippen LogP contribution in [0.4, 0.5) is 0 Å². The van der Waals surface area contributed by atoms with Crippen molar-refractivity contribution in [2.24, 2.45) is 5.73 Å². The molecule has 0 saturated heterocycles. The summed E-state index contributed by atoms with van der Waals surface area (Å²) < 4.78 is 0. The highest BCUT2D eigenvalue weighted by molar-refractivity contribution is 7.13. The Labute approximate surface area is 130 Å². The molecule has 4 nitrogen and oxygen atoms in total. The number of amides is 1. The van der Waals surface area contributed by atoms with E-state index in [2.05, 4.69) is 9.97 Å². The number of nitrogens with zero attached hydrogens (tertiary/aromatic N) is 2. The molecule has 0 aliphatic carbocycles. The Balaban J connectivity index is 2.01. The lowest BCUT2D eigenvalue weighted by atomic mass is 10.1. The van der Waals surface area contributed by atoms with Crippen LogP contribution < -0.4 is 5.73 Å². The van der Waals surface area contributed by atoms with Gasteiger partial charge in [-0.15, -0.1) is 11.3 Å². The molecule has 2 N–H and O–H groups in total. The van der Waals surface area contributed by atoms with Gasteiger partial charge in [0.2, 0.25) is 5.91 Å². The van der Waals surface area contributed by atoms with Gasteiger partial charge in [0.1, 0.15) is 5.01 Å². The minimum absolute atomic E-state index is 0.453. The topological polar surface area (TPSA) is 68.9 Å². The standard InChI is InChI=1S/C15H10ClN3OS/c16-12-7-18-5-4-11(12)13-8-21-15(19-13)10-3-1-2-9(6-10)14(17)20/h1-8H,(H2,17,20). The number of thiazole rings is 1. The van der Waals surface area contributed by atoms with Crippen molar-refractivity contribution in [3.8, 4) is 21.8 Å². The highest BCUT2D eigenvalue weighted by Crippen LogP contribution is 2.32. The van der Waals surface area contributed by atoms with Crippen LogP contribution in [0, 0.1) is 0 Å². The van der Waals surface area contributed by atoms with Crippen LogP contribution in [0.5, 0.6) is 0 Å². The van der Waals surface area contributed by atoms with E-state index in [1.807, 2.05) is 17.5 Å². The minimum atomic E-state index is -0.453. The van der Waals surface area contributed by atoms with E-state index < -0.39 is 5.91 Å². The Bertz CT molecular complexity index is 816. The second-order valence-electron chi connectivity index (χ2n) is 4.34. The van der Waals surface area contributed by atoms with Gasteiger partial charge >= 0.3 is 0 Å². The number of hydrogen-bond acceptors (Lipinski definition) is 4. The molecule has 0 radical (unpaired) electrons. The number of rotatable bonds is 3. The Morgan fingerprint density at radius 2 is 2.14 bits per heavy atom. The zero-order valence-corrected chi connectivity index (χ0v) is 12.4. The summed E-state index contributed by atoms with van der Waals surface area (Å²) in [5, 5.41) is 3.29. The molecule has 0 aliphatic heterocycles. The van der Waals surface area contributed by atoms with Crippen LogP contribution in [0.2, 0.25) is 5.02 Å². The number of carbonyl (C=O) groups is 1. The first-order valence-electron chi connectivity index (χ1n) is 6.11. The van der Waals surface area contributed by atoms with E-state index in [0.717, 1.165) is 21.8 Å². The monoisotopic (exact) mass is 315 g/mol. The summed E-state index contributed by atoms with van der Waals surface area (Å²) in [6, 6.07) is 8.92. The maximum absolute atomic E-state index is 11.2. The highest BCUT2D eigenvalue weighted by atomic mass is 35.5.